The van der Waals surface area contributed by atoms with Crippen molar-refractivity contribution in [2.75, 3.05) is 5.32 Å². The van der Waals surface area contributed by atoms with E-state index in [0.29, 0.717) is 18.2 Å². The first-order chi connectivity index (χ1) is 11.8. The van der Waals surface area contributed by atoms with Gasteiger partial charge in [-0.05, 0) is 12.1 Å². The number of nitrogens with zero attached hydrogens (tertiary/aromatic N) is 1. The van der Waals surface area contributed by atoms with Crippen LogP contribution in [0, 0.1) is 16.7 Å². The lowest BCUT2D eigenvalue weighted by Gasteiger charge is -2.18. The number of alkyl halides is 6. The molecule has 5 nitrogen and oxygen atoms in total. The SMILES string of the molecule is N#CC(=N)/C=C(\Nc1c(Cl)cc(C(F)(F)F)cc1Cl)N[S+]([O-])C(F)(F)F. The van der Waals surface area contributed by atoms with Crippen LogP contribution in [0.4, 0.5) is 32.0 Å². The van der Waals surface area contributed by atoms with E-state index in [2.05, 4.69) is 5.32 Å². The van der Waals surface area contributed by atoms with Crippen molar-refractivity contribution in [2.24, 2.45) is 0 Å². The summed E-state index contributed by atoms with van der Waals surface area (Å²) in [5, 5.41) is 16.5. The lowest BCUT2D eigenvalue weighted by Crippen LogP contribution is -2.38. The van der Waals surface area contributed by atoms with Crippen LogP contribution >= 0.6 is 23.2 Å². The molecule has 3 N–H and O–H groups in total. The van der Waals surface area contributed by atoms with Crippen molar-refractivity contribution in [1.29, 1.82) is 10.7 Å². The Kier molecular flexibility index (Phi) is 7.06. The average Bonchev–Trinajstić information content (AvgIpc) is 2.48. The third-order valence-electron chi connectivity index (χ3n) is 2.45. The van der Waals surface area contributed by atoms with Crippen LogP contribution in [0.1, 0.15) is 5.56 Å². The molecule has 0 aromatic heterocycles. The van der Waals surface area contributed by atoms with Gasteiger partial charge in [-0.25, -0.2) is 0 Å². The highest BCUT2D eigenvalue weighted by atomic mass is 35.5. The molecule has 14 heteroatoms. The number of nitriles is 1. The highest BCUT2D eigenvalue weighted by molar-refractivity contribution is 7.90. The molecule has 0 saturated heterocycles. The number of hydrogen-bond donors (Lipinski definition) is 3. The zero-order valence-corrected chi connectivity index (χ0v) is 14.3. The Morgan fingerprint density at radius 2 is 1.69 bits per heavy atom. The normalized spacial score (nSPS) is 13.8. The average molecular weight is 439 g/mol. The minimum absolute atomic E-state index is 0.454. The molecule has 0 saturated carbocycles. The highest BCUT2D eigenvalue weighted by Crippen LogP contribution is 2.39. The van der Waals surface area contributed by atoms with Gasteiger partial charge in [-0.2, -0.15) is 23.2 Å². The maximum atomic E-state index is 12.7. The molecule has 1 atom stereocenters. The van der Waals surface area contributed by atoms with Crippen molar-refractivity contribution in [3.63, 3.8) is 0 Å². The van der Waals surface area contributed by atoms with Gasteiger partial charge in [0.15, 0.2) is 17.2 Å². The van der Waals surface area contributed by atoms with Gasteiger partial charge >= 0.3 is 11.7 Å². The van der Waals surface area contributed by atoms with Gasteiger partial charge in [-0.3, -0.25) is 5.41 Å². The third-order valence-corrected chi connectivity index (χ3v) is 3.87. The number of rotatable bonds is 5. The van der Waals surface area contributed by atoms with Gasteiger partial charge < -0.3 is 9.87 Å². The van der Waals surface area contributed by atoms with Crippen molar-refractivity contribution in [2.45, 2.75) is 11.7 Å². The fourth-order valence-electron chi connectivity index (χ4n) is 1.42. The molecule has 0 fully saturated rings. The summed E-state index contributed by atoms with van der Waals surface area (Å²) in [5.41, 5.74) is -7.70. The monoisotopic (exact) mass is 438 g/mol. The van der Waals surface area contributed by atoms with E-state index >= 15 is 0 Å². The molecular formula is C12H6Cl2F6N4OS. The number of hydrogen-bond acceptors (Lipinski definition) is 5. The summed E-state index contributed by atoms with van der Waals surface area (Å²) in [5.74, 6) is -0.796. The second-order valence-electron chi connectivity index (χ2n) is 4.34. The quantitative estimate of drug-likeness (QED) is 0.356. The fraction of sp³-hybridized carbons (Fsp3) is 0.167. The topological polar surface area (TPSA) is 94.8 Å². The molecule has 142 valence electrons. The lowest BCUT2D eigenvalue weighted by atomic mass is 10.2. The molecule has 1 rings (SSSR count). The van der Waals surface area contributed by atoms with Gasteiger partial charge in [-0.1, -0.05) is 23.2 Å². The van der Waals surface area contributed by atoms with Gasteiger partial charge in [0.25, 0.3) is 0 Å². The molecule has 0 amide bonds. The Hall–Kier alpha value is -1.81. The number of allylic oxidation sites excluding steroid dienone is 1. The number of nitrogens with one attached hydrogen (secondary N) is 3. The van der Waals surface area contributed by atoms with Crippen LogP contribution in [0.15, 0.2) is 24.0 Å². The third kappa shape index (κ3) is 6.17. The Labute approximate surface area is 155 Å². The van der Waals surface area contributed by atoms with Crippen LogP contribution in [0.3, 0.4) is 0 Å². The molecule has 1 unspecified atom stereocenters. The van der Waals surface area contributed by atoms with E-state index in [9.17, 15) is 30.9 Å². The molecular weight excluding hydrogens is 433 g/mol. The van der Waals surface area contributed by atoms with Gasteiger partial charge in [0, 0.05) is 6.08 Å². The summed E-state index contributed by atoms with van der Waals surface area (Å²) in [6.07, 6.45) is -4.25. The molecule has 0 aliphatic carbocycles. The molecule has 0 aliphatic heterocycles. The Morgan fingerprint density at radius 3 is 2.08 bits per heavy atom. The molecule has 0 radical (unpaired) electrons. The minimum atomic E-state index is -5.19. The molecule has 0 bridgehead atoms. The second kappa shape index (κ2) is 8.26. The van der Waals surface area contributed by atoms with E-state index in [1.807, 2.05) is 0 Å². The van der Waals surface area contributed by atoms with E-state index in [4.69, 9.17) is 33.9 Å². The molecule has 26 heavy (non-hydrogen) atoms. The molecule has 1 aromatic carbocycles. The first kappa shape index (κ1) is 22.2. The van der Waals surface area contributed by atoms with Gasteiger partial charge in [0.05, 0.1) is 21.3 Å². The van der Waals surface area contributed by atoms with Crippen LogP contribution in [0.5, 0.6) is 0 Å². The Balaban J connectivity index is 3.26. The lowest BCUT2D eigenvalue weighted by molar-refractivity contribution is -0.137. The van der Waals surface area contributed by atoms with E-state index in [0.717, 1.165) is 0 Å². The van der Waals surface area contributed by atoms with E-state index in [1.165, 1.54) is 10.8 Å². The van der Waals surface area contributed by atoms with E-state index in [-0.39, 0.29) is 0 Å². The first-order valence-corrected chi connectivity index (χ1v) is 7.95. The van der Waals surface area contributed by atoms with Gasteiger partial charge in [0.2, 0.25) is 0 Å². The number of benzene rings is 1. The maximum Gasteiger partial charge on any atom is 0.598 e. The van der Waals surface area contributed by atoms with Crippen molar-refractivity contribution < 1.29 is 30.9 Å². The summed E-state index contributed by atoms with van der Waals surface area (Å²) in [4.78, 5) is 0. The zero-order chi connectivity index (χ0) is 20.3. The van der Waals surface area contributed by atoms with Crippen LogP contribution in [0.25, 0.3) is 0 Å². The Bertz CT molecular complexity index is 751. The largest absolute Gasteiger partial charge is 0.598 e. The Morgan fingerprint density at radius 1 is 1.19 bits per heavy atom. The van der Waals surface area contributed by atoms with Crippen LogP contribution in [0.2, 0.25) is 10.0 Å². The van der Waals surface area contributed by atoms with Crippen molar-refractivity contribution in [1.82, 2.24) is 4.72 Å². The smallest absolute Gasteiger partial charge is 0.586 e. The van der Waals surface area contributed by atoms with Crippen LogP contribution < -0.4 is 10.0 Å². The minimum Gasteiger partial charge on any atom is -0.586 e. The van der Waals surface area contributed by atoms with Crippen molar-refractivity contribution >= 4 is 46.0 Å². The molecule has 1 aromatic rings. The van der Waals surface area contributed by atoms with Crippen LogP contribution in [-0.2, 0) is 17.5 Å². The number of halogens is 8. The summed E-state index contributed by atoms with van der Waals surface area (Å²) in [7, 11) is 0. The molecule has 0 aliphatic rings. The maximum absolute atomic E-state index is 12.7. The molecule has 0 heterocycles. The predicted molar refractivity (Wildman–Crippen MR) is 83.8 cm³/mol. The summed E-state index contributed by atoms with van der Waals surface area (Å²) < 4.78 is 87.8. The van der Waals surface area contributed by atoms with Crippen molar-refractivity contribution in [3.8, 4) is 6.07 Å². The highest BCUT2D eigenvalue weighted by Gasteiger charge is 2.46. The van der Waals surface area contributed by atoms with E-state index < -0.39 is 55.9 Å². The van der Waals surface area contributed by atoms with Crippen molar-refractivity contribution in [3.05, 3.63) is 39.6 Å². The van der Waals surface area contributed by atoms with Crippen LogP contribution in [-0.4, -0.2) is 15.8 Å². The first-order valence-electron chi connectivity index (χ1n) is 6.04. The summed E-state index contributed by atoms with van der Waals surface area (Å²) >= 11 is 7.68. The standard InChI is InChI=1S/C12H6Cl2F6N4OS/c13-7-1-5(11(15,16)17)2-8(14)10(7)23-9(3-6(22)4-21)24-26(25)12(18,19)20/h1-3,22-24H/b9-3+,22-6?. The second-order valence-corrected chi connectivity index (χ2v) is 6.36. The predicted octanol–water partition coefficient (Wildman–Crippen LogP) is 4.58. The van der Waals surface area contributed by atoms with Gasteiger partial charge in [-0.15, -0.1) is 13.2 Å². The fourth-order valence-corrected chi connectivity index (χ4v) is 2.42. The van der Waals surface area contributed by atoms with Gasteiger partial charge in [0.1, 0.15) is 11.8 Å². The van der Waals surface area contributed by atoms with E-state index in [1.54, 1.807) is 0 Å². The summed E-state index contributed by atoms with van der Waals surface area (Å²) in [6, 6.07) is 2.21. The summed E-state index contributed by atoms with van der Waals surface area (Å²) in [6.45, 7) is 0. The molecule has 0 spiro atoms. The zero-order valence-electron chi connectivity index (χ0n) is 12.0. The number of anilines is 1.